The second kappa shape index (κ2) is 9.27. The quantitative estimate of drug-likeness (QED) is 0.387. The van der Waals surface area contributed by atoms with Crippen molar-refractivity contribution in [1.29, 1.82) is 5.26 Å². The summed E-state index contributed by atoms with van der Waals surface area (Å²) >= 11 is 5.98. The zero-order chi connectivity index (χ0) is 21.7. The number of nitrogens with zero attached hydrogens (tertiary/aromatic N) is 1. The van der Waals surface area contributed by atoms with Crippen LogP contribution in [0.4, 0.5) is 0 Å². The Kier molecular flexibility index (Phi) is 6.73. The van der Waals surface area contributed by atoms with E-state index in [2.05, 4.69) is 6.07 Å². The van der Waals surface area contributed by atoms with Crippen LogP contribution < -0.4 is 0 Å². The molecule has 30 heavy (non-hydrogen) atoms. The molecular formula is C24H20ClNO3S. The normalized spacial score (nSPS) is 11.9. The van der Waals surface area contributed by atoms with Gasteiger partial charge in [0.05, 0.1) is 16.5 Å². The molecule has 4 nitrogen and oxygen atoms in total. The highest BCUT2D eigenvalue weighted by Gasteiger charge is 2.19. The Morgan fingerprint density at radius 3 is 2.43 bits per heavy atom. The molecule has 0 fully saturated rings. The van der Waals surface area contributed by atoms with Gasteiger partial charge in [0.2, 0.25) is 0 Å². The predicted molar refractivity (Wildman–Crippen MR) is 119 cm³/mol. The Labute approximate surface area is 181 Å². The van der Waals surface area contributed by atoms with Crippen molar-refractivity contribution >= 4 is 21.7 Å². The Bertz CT molecular complexity index is 1240. The van der Waals surface area contributed by atoms with E-state index in [1.807, 2.05) is 49.4 Å². The summed E-state index contributed by atoms with van der Waals surface area (Å²) in [5.74, 6) is 0. The molecule has 0 radical (unpaired) electrons. The van der Waals surface area contributed by atoms with Gasteiger partial charge in [-0.2, -0.15) is 13.7 Å². The fourth-order valence-electron chi connectivity index (χ4n) is 3.33. The standard InChI is InChI=1S/C24H20ClNO3S/c1-17(9-10-18-5-2-3-6-20(18)16-26)15-23-22(19-11-13-21(25)14-12-19)7-4-8-24(23)30(27,28)29/h2-9,11-14H,10,15H2,1H3,(H,27,28,29)/b17-9-. The SMILES string of the molecule is C/C(=C/Cc1ccccc1C#N)Cc1c(-c2ccc(Cl)cc2)cccc1S(=O)(=O)O. The first-order valence-corrected chi connectivity index (χ1v) is 11.1. The van der Waals surface area contributed by atoms with Gasteiger partial charge < -0.3 is 0 Å². The summed E-state index contributed by atoms with van der Waals surface area (Å²) < 4.78 is 33.8. The van der Waals surface area contributed by atoms with Gasteiger partial charge in [-0.05, 0) is 66.3 Å². The molecule has 0 aliphatic carbocycles. The van der Waals surface area contributed by atoms with Crippen molar-refractivity contribution in [2.24, 2.45) is 0 Å². The number of allylic oxidation sites excluding steroid dienone is 2. The Morgan fingerprint density at radius 2 is 1.77 bits per heavy atom. The summed E-state index contributed by atoms with van der Waals surface area (Å²) in [5.41, 5.74) is 4.48. The topological polar surface area (TPSA) is 78.2 Å². The van der Waals surface area contributed by atoms with Crippen LogP contribution in [0.25, 0.3) is 11.1 Å². The summed E-state index contributed by atoms with van der Waals surface area (Å²) in [6.07, 6.45) is 2.87. The van der Waals surface area contributed by atoms with Crippen molar-refractivity contribution in [3.05, 3.63) is 100 Å². The number of hydrogen-bond acceptors (Lipinski definition) is 3. The highest BCUT2D eigenvalue weighted by Crippen LogP contribution is 2.31. The molecular weight excluding hydrogens is 418 g/mol. The van der Waals surface area contributed by atoms with E-state index >= 15 is 0 Å². The van der Waals surface area contributed by atoms with Crippen LogP contribution in [0.1, 0.15) is 23.6 Å². The second-order valence-electron chi connectivity index (χ2n) is 6.96. The fourth-order valence-corrected chi connectivity index (χ4v) is 4.20. The molecule has 152 valence electrons. The average molecular weight is 438 g/mol. The van der Waals surface area contributed by atoms with E-state index < -0.39 is 10.1 Å². The third-order valence-electron chi connectivity index (χ3n) is 4.83. The van der Waals surface area contributed by atoms with Crippen LogP contribution >= 0.6 is 11.6 Å². The fraction of sp³-hybridized carbons (Fsp3) is 0.125. The maximum atomic E-state index is 12.0. The van der Waals surface area contributed by atoms with Gasteiger partial charge in [0, 0.05) is 5.02 Å². The number of halogens is 1. The molecule has 0 aromatic heterocycles. The molecule has 0 spiro atoms. The van der Waals surface area contributed by atoms with E-state index in [0.717, 1.165) is 16.7 Å². The molecule has 0 aliphatic rings. The Balaban J connectivity index is 2.01. The van der Waals surface area contributed by atoms with Crippen LogP contribution in [-0.4, -0.2) is 13.0 Å². The van der Waals surface area contributed by atoms with Crippen LogP contribution in [0, 0.1) is 11.3 Å². The van der Waals surface area contributed by atoms with Gasteiger partial charge in [-0.25, -0.2) is 0 Å². The van der Waals surface area contributed by atoms with E-state index in [9.17, 15) is 18.2 Å². The van der Waals surface area contributed by atoms with Crippen LogP contribution in [-0.2, 0) is 23.0 Å². The maximum Gasteiger partial charge on any atom is 0.294 e. The minimum Gasteiger partial charge on any atom is -0.282 e. The maximum absolute atomic E-state index is 12.0. The van der Waals surface area contributed by atoms with Crippen LogP contribution in [0.5, 0.6) is 0 Å². The monoisotopic (exact) mass is 437 g/mol. The molecule has 0 unspecified atom stereocenters. The molecule has 0 amide bonds. The van der Waals surface area contributed by atoms with E-state index in [0.29, 0.717) is 34.6 Å². The minimum atomic E-state index is -4.39. The van der Waals surface area contributed by atoms with Crippen LogP contribution in [0.15, 0.2) is 83.3 Å². The lowest BCUT2D eigenvalue weighted by Gasteiger charge is -2.14. The lowest BCUT2D eigenvalue weighted by atomic mass is 9.94. The van der Waals surface area contributed by atoms with Crippen molar-refractivity contribution < 1.29 is 13.0 Å². The highest BCUT2D eigenvalue weighted by molar-refractivity contribution is 7.85. The van der Waals surface area contributed by atoms with E-state index in [1.54, 1.807) is 24.3 Å². The molecule has 6 heteroatoms. The van der Waals surface area contributed by atoms with Gasteiger partial charge in [-0.3, -0.25) is 4.55 Å². The van der Waals surface area contributed by atoms with Gasteiger partial charge in [-0.1, -0.05) is 65.7 Å². The summed E-state index contributed by atoms with van der Waals surface area (Å²) in [4.78, 5) is -0.111. The molecule has 0 bridgehead atoms. The first kappa shape index (κ1) is 21.8. The predicted octanol–water partition coefficient (Wildman–Crippen LogP) is 5.86. The number of rotatable bonds is 6. The molecule has 0 aliphatic heterocycles. The summed E-state index contributed by atoms with van der Waals surface area (Å²) in [6.45, 7) is 1.90. The average Bonchev–Trinajstić information content (AvgIpc) is 2.72. The molecule has 1 N–H and O–H groups in total. The Morgan fingerprint density at radius 1 is 1.07 bits per heavy atom. The zero-order valence-electron chi connectivity index (χ0n) is 16.3. The van der Waals surface area contributed by atoms with Crippen LogP contribution in [0.2, 0.25) is 5.02 Å². The number of nitriles is 1. The third kappa shape index (κ3) is 5.17. The third-order valence-corrected chi connectivity index (χ3v) is 6.02. The molecule has 3 rings (SSSR count). The van der Waals surface area contributed by atoms with Crippen molar-refractivity contribution in [2.45, 2.75) is 24.7 Å². The van der Waals surface area contributed by atoms with Gasteiger partial charge in [0.15, 0.2) is 0 Å². The van der Waals surface area contributed by atoms with Crippen molar-refractivity contribution in [1.82, 2.24) is 0 Å². The smallest absolute Gasteiger partial charge is 0.282 e. The Hall–Kier alpha value is -2.91. The van der Waals surface area contributed by atoms with E-state index in [1.165, 1.54) is 6.07 Å². The highest BCUT2D eigenvalue weighted by atomic mass is 35.5. The van der Waals surface area contributed by atoms with Gasteiger partial charge in [-0.15, -0.1) is 0 Å². The second-order valence-corrected chi connectivity index (χ2v) is 8.79. The number of hydrogen-bond donors (Lipinski definition) is 1. The van der Waals surface area contributed by atoms with Gasteiger partial charge >= 0.3 is 0 Å². The van der Waals surface area contributed by atoms with Crippen molar-refractivity contribution in [3.63, 3.8) is 0 Å². The lowest BCUT2D eigenvalue weighted by molar-refractivity contribution is 0.482. The van der Waals surface area contributed by atoms with Gasteiger partial charge in [0.1, 0.15) is 0 Å². The van der Waals surface area contributed by atoms with Gasteiger partial charge in [0.25, 0.3) is 10.1 Å². The van der Waals surface area contributed by atoms with Crippen LogP contribution in [0.3, 0.4) is 0 Å². The number of benzene rings is 3. The minimum absolute atomic E-state index is 0.111. The molecule has 0 atom stereocenters. The molecule has 0 heterocycles. The largest absolute Gasteiger partial charge is 0.294 e. The van der Waals surface area contributed by atoms with Crippen molar-refractivity contribution in [2.75, 3.05) is 0 Å². The molecule has 3 aromatic carbocycles. The summed E-state index contributed by atoms with van der Waals surface area (Å²) in [5, 5.41) is 9.83. The molecule has 0 saturated heterocycles. The molecule has 0 saturated carbocycles. The summed E-state index contributed by atoms with van der Waals surface area (Å²) in [7, 11) is -4.39. The van der Waals surface area contributed by atoms with Crippen molar-refractivity contribution in [3.8, 4) is 17.2 Å². The lowest BCUT2D eigenvalue weighted by Crippen LogP contribution is -2.06. The molecule has 3 aromatic rings. The summed E-state index contributed by atoms with van der Waals surface area (Å²) in [6, 6.07) is 21.5. The van der Waals surface area contributed by atoms with E-state index in [4.69, 9.17) is 11.6 Å². The zero-order valence-corrected chi connectivity index (χ0v) is 17.9. The van der Waals surface area contributed by atoms with E-state index in [-0.39, 0.29) is 4.90 Å². The first-order valence-electron chi connectivity index (χ1n) is 9.28. The first-order chi connectivity index (χ1) is 14.3.